The molecule has 1 atom stereocenters. The first-order valence-electron chi connectivity index (χ1n) is 9.13. The first kappa shape index (κ1) is 19.0. The molecule has 3 rings (SSSR count). The minimum Gasteiger partial charge on any atom is -0.494 e. The van der Waals surface area contributed by atoms with E-state index >= 15 is 0 Å². The normalized spacial score (nSPS) is 18.1. The van der Waals surface area contributed by atoms with Gasteiger partial charge in [-0.05, 0) is 43.2 Å². The van der Waals surface area contributed by atoms with Crippen molar-refractivity contribution < 1.29 is 9.84 Å². The topological polar surface area (TPSA) is 48.8 Å². The van der Waals surface area contributed by atoms with Crippen molar-refractivity contribution in [2.75, 3.05) is 37.7 Å². The first-order chi connectivity index (χ1) is 12.7. The van der Waals surface area contributed by atoms with Crippen LogP contribution in [0.3, 0.4) is 0 Å². The molecule has 1 saturated heterocycles. The maximum absolute atomic E-state index is 9.51. The van der Waals surface area contributed by atoms with Crippen LogP contribution in [0.25, 0.3) is 0 Å². The Morgan fingerprint density at radius 1 is 1.23 bits per heavy atom. The summed E-state index contributed by atoms with van der Waals surface area (Å²) in [6, 6.07) is 12.2. The molecule has 0 spiro atoms. The third-order valence-corrected chi connectivity index (χ3v) is 5.02. The summed E-state index contributed by atoms with van der Waals surface area (Å²) in [4.78, 5) is 9.08. The van der Waals surface area contributed by atoms with Crippen LogP contribution < -0.4 is 9.64 Å². The van der Waals surface area contributed by atoms with Crippen LogP contribution in [0.4, 0.5) is 5.82 Å². The van der Waals surface area contributed by atoms with Crippen LogP contribution in [0.5, 0.6) is 5.75 Å². The van der Waals surface area contributed by atoms with Crippen molar-refractivity contribution in [3.8, 4) is 5.75 Å². The molecule has 0 unspecified atom stereocenters. The minimum absolute atomic E-state index is 0.175. The van der Waals surface area contributed by atoms with Gasteiger partial charge >= 0.3 is 0 Å². The lowest BCUT2D eigenvalue weighted by Gasteiger charge is -2.42. The lowest BCUT2D eigenvalue weighted by molar-refractivity contribution is 0.135. The molecular weight excluding hydrogens is 350 g/mol. The molecule has 26 heavy (non-hydrogen) atoms. The Bertz CT molecular complexity index is 696. The fourth-order valence-corrected chi connectivity index (χ4v) is 3.66. The molecule has 2 heterocycles. The molecule has 1 aliphatic rings. The van der Waals surface area contributed by atoms with Crippen LogP contribution in [0.2, 0.25) is 5.02 Å². The molecule has 1 fully saturated rings. The summed E-state index contributed by atoms with van der Waals surface area (Å²) in [5, 5.41) is 10.2. The number of aliphatic hydroxyl groups excluding tert-OH is 1. The number of piperazine rings is 1. The van der Waals surface area contributed by atoms with Crippen molar-refractivity contribution in [1.29, 1.82) is 0 Å². The predicted molar refractivity (Wildman–Crippen MR) is 105 cm³/mol. The maximum atomic E-state index is 9.51. The second-order valence-electron chi connectivity index (χ2n) is 6.47. The summed E-state index contributed by atoms with van der Waals surface area (Å²) >= 11 is 6.31. The van der Waals surface area contributed by atoms with Gasteiger partial charge in [-0.1, -0.05) is 23.7 Å². The summed E-state index contributed by atoms with van der Waals surface area (Å²) < 4.78 is 5.51. The Hall–Kier alpha value is -1.82. The summed E-state index contributed by atoms with van der Waals surface area (Å²) in [6.45, 7) is 6.29. The van der Waals surface area contributed by atoms with Crippen molar-refractivity contribution >= 4 is 17.4 Å². The van der Waals surface area contributed by atoms with E-state index in [4.69, 9.17) is 16.3 Å². The third kappa shape index (κ3) is 4.67. The van der Waals surface area contributed by atoms with E-state index in [1.165, 1.54) is 5.56 Å². The van der Waals surface area contributed by atoms with Crippen LogP contribution in [0, 0.1) is 0 Å². The van der Waals surface area contributed by atoms with Crippen molar-refractivity contribution in [2.24, 2.45) is 0 Å². The number of aliphatic hydroxyl groups is 1. The highest BCUT2D eigenvalue weighted by atomic mass is 35.5. The molecule has 1 aliphatic heterocycles. The number of pyridine rings is 1. The minimum atomic E-state index is 0.175. The molecule has 2 aromatic rings. The number of halogens is 1. The fourth-order valence-electron chi connectivity index (χ4n) is 3.42. The van der Waals surface area contributed by atoms with Crippen LogP contribution in [-0.4, -0.2) is 53.9 Å². The van der Waals surface area contributed by atoms with Crippen molar-refractivity contribution in [1.82, 2.24) is 9.88 Å². The highest BCUT2D eigenvalue weighted by Gasteiger charge is 2.28. The molecule has 0 bridgehead atoms. The van der Waals surface area contributed by atoms with Gasteiger partial charge in [-0.2, -0.15) is 0 Å². The number of hydrogen-bond donors (Lipinski definition) is 1. The number of ether oxygens (including phenoxy) is 1. The number of benzene rings is 1. The first-order valence-corrected chi connectivity index (χ1v) is 9.51. The zero-order valence-electron chi connectivity index (χ0n) is 15.1. The zero-order valence-corrected chi connectivity index (χ0v) is 15.9. The number of nitrogens with zero attached hydrogens (tertiary/aromatic N) is 3. The van der Waals surface area contributed by atoms with Gasteiger partial charge in [0.2, 0.25) is 0 Å². The Morgan fingerprint density at radius 2 is 2.04 bits per heavy atom. The Labute approximate surface area is 160 Å². The predicted octanol–water partition coefficient (Wildman–Crippen LogP) is 3.21. The van der Waals surface area contributed by atoms with Gasteiger partial charge in [0.1, 0.15) is 11.6 Å². The summed E-state index contributed by atoms with van der Waals surface area (Å²) in [6.07, 6.45) is 2.51. The molecule has 0 aliphatic carbocycles. The van der Waals surface area contributed by atoms with E-state index in [1.54, 1.807) is 6.20 Å². The van der Waals surface area contributed by atoms with Crippen molar-refractivity contribution in [2.45, 2.75) is 25.9 Å². The van der Waals surface area contributed by atoms with Gasteiger partial charge in [-0.15, -0.1) is 0 Å². The molecule has 1 aromatic heterocycles. The van der Waals surface area contributed by atoms with Gasteiger partial charge < -0.3 is 14.7 Å². The van der Waals surface area contributed by atoms with E-state index in [2.05, 4.69) is 26.9 Å². The van der Waals surface area contributed by atoms with E-state index in [-0.39, 0.29) is 12.6 Å². The van der Waals surface area contributed by atoms with Crippen molar-refractivity contribution in [3.05, 3.63) is 53.2 Å². The molecular formula is C20H26ClN3O2. The van der Waals surface area contributed by atoms with Gasteiger partial charge in [0, 0.05) is 45.0 Å². The van der Waals surface area contributed by atoms with E-state index < -0.39 is 0 Å². The molecule has 1 N–H and O–H groups in total. The lowest BCUT2D eigenvalue weighted by Crippen LogP contribution is -2.53. The average molecular weight is 376 g/mol. The molecule has 140 valence electrons. The van der Waals surface area contributed by atoms with Gasteiger partial charge in [0.15, 0.2) is 0 Å². The van der Waals surface area contributed by atoms with E-state index in [9.17, 15) is 5.11 Å². The Morgan fingerprint density at radius 3 is 2.73 bits per heavy atom. The maximum Gasteiger partial charge on any atom is 0.147 e. The largest absolute Gasteiger partial charge is 0.494 e. The van der Waals surface area contributed by atoms with Crippen molar-refractivity contribution in [3.63, 3.8) is 0 Å². The molecule has 1 aromatic carbocycles. The zero-order chi connectivity index (χ0) is 18.4. The number of aromatic nitrogens is 1. The SMILES string of the molecule is CCOc1ccc(CN2CCN(c3ncccc3Cl)C[C@@H]2CCO)cc1. The summed E-state index contributed by atoms with van der Waals surface area (Å²) in [5.41, 5.74) is 1.25. The van der Waals surface area contributed by atoms with Crippen LogP contribution in [-0.2, 0) is 6.54 Å². The van der Waals surface area contributed by atoms with Gasteiger partial charge in [0.25, 0.3) is 0 Å². The van der Waals surface area contributed by atoms with E-state index in [0.717, 1.165) is 44.2 Å². The highest BCUT2D eigenvalue weighted by molar-refractivity contribution is 6.32. The van der Waals surface area contributed by atoms with Gasteiger partial charge in [0.05, 0.1) is 11.6 Å². The second-order valence-corrected chi connectivity index (χ2v) is 6.88. The van der Waals surface area contributed by atoms with E-state index in [0.29, 0.717) is 11.6 Å². The molecule has 0 radical (unpaired) electrons. The number of anilines is 1. The standard InChI is InChI=1S/C20H26ClN3O2/c1-2-26-18-7-5-16(6-8-18)14-23-11-12-24(15-17(23)9-13-25)20-19(21)4-3-10-22-20/h3-8,10,17,25H,2,9,11-15H2,1H3/t17-/m0/s1. The summed E-state index contributed by atoms with van der Waals surface area (Å²) in [5.74, 6) is 1.73. The fraction of sp³-hybridized carbons (Fsp3) is 0.450. The lowest BCUT2D eigenvalue weighted by atomic mass is 10.1. The van der Waals surface area contributed by atoms with Gasteiger partial charge in [-0.3, -0.25) is 4.90 Å². The molecule has 0 saturated carbocycles. The number of rotatable bonds is 7. The smallest absolute Gasteiger partial charge is 0.147 e. The van der Waals surface area contributed by atoms with Crippen LogP contribution in [0.1, 0.15) is 18.9 Å². The Kier molecular flexibility index (Phi) is 6.72. The highest BCUT2D eigenvalue weighted by Crippen LogP contribution is 2.26. The molecule has 5 nitrogen and oxygen atoms in total. The van der Waals surface area contributed by atoms with E-state index in [1.807, 2.05) is 31.2 Å². The summed E-state index contributed by atoms with van der Waals surface area (Å²) in [7, 11) is 0. The second kappa shape index (κ2) is 9.21. The molecule has 6 heteroatoms. The quantitative estimate of drug-likeness (QED) is 0.805. The average Bonchev–Trinajstić information content (AvgIpc) is 2.66. The Balaban J connectivity index is 1.67. The number of hydrogen-bond acceptors (Lipinski definition) is 5. The van der Waals surface area contributed by atoms with Gasteiger partial charge in [-0.25, -0.2) is 4.98 Å². The monoisotopic (exact) mass is 375 g/mol. The third-order valence-electron chi connectivity index (χ3n) is 4.73. The van der Waals surface area contributed by atoms with Crippen LogP contribution >= 0.6 is 11.6 Å². The molecule has 0 amide bonds. The van der Waals surface area contributed by atoms with Crippen LogP contribution in [0.15, 0.2) is 42.6 Å².